The van der Waals surface area contributed by atoms with Crippen LogP contribution in [0.25, 0.3) is 0 Å². The Morgan fingerprint density at radius 3 is 2.57 bits per heavy atom. The molecule has 0 aromatic heterocycles. The van der Waals surface area contributed by atoms with E-state index in [0.29, 0.717) is 12.0 Å². The van der Waals surface area contributed by atoms with E-state index in [-0.39, 0.29) is 0 Å². The third-order valence-corrected chi connectivity index (χ3v) is 2.87. The molecule has 1 unspecified atom stereocenters. The molecule has 0 aliphatic heterocycles. The summed E-state index contributed by atoms with van der Waals surface area (Å²) in [6, 6.07) is 1.35. The Balaban J connectivity index is 2.32. The Hall–Kier alpha value is -0.520. The second kappa shape index (κ2) is 5.38. The molecule has 0 aromatic carbocycles. The highest BCUT2D eigenvalue weighted by Gasteiger charge is 2.24. The normalized spacial score (nSPS) is 18.6. The first-order chi connectivity index (χ1) is 6.65. The number of terminal acetylenes is 1. The second-order valence-corrected chi connectivity index (χ2v) is 4.61. The van der Waals surface area contributed by atoms with Crippen LogP contribution in [0.4, 0.5) is 0 Å². The van der Waals surface area contributed by atoms with Gasteiger partial charge in [0, 0.05) is 18.6 Å². The van der Waals surface area contributed by atoms with Gasteiger partial charge in [0.2, 0.25) is 0 Å². The molecule has 0 radical (unpaired) electrons. The average molecular weight is 194 g/mol. The van der Waals surface area contributed by atoms with Gasteiger partial charge in [0.15, 0.2) is 0 Å². The first kappa shape index (κ1) is 11.6. The Bertz CT molecular complexity index is 201. The van der Waals surface area contributed by atoms with Crippen molar-refractivity contribution in [2.45, 2.75) is 38.8 Å². The average Bonchev–Trinajstić information content (AvgIpc) is 2.88. The summed E-state index contributed by atoms with van der Waals surface area (Å²) in [6.07, 6.45) is 8.03. The van der Waals surface area contributed by atoms with Crippen LogP contribution in [0.1, 0.15) is 26.7 Å². The summed E-state index contributed by atoms with van der Waals surface area (Å²) in [6.45, 7) is 6.33. The molecule has 1 rings (SSSR count). The largest absolute Gasteiger partial charge is 0.312 e. The highest BCUT2D eigenvalue weighted by molar-refractivity contribution is 4.91. The predicted molar refractivity (Wildman–Crippen MR) is 61.1 cm³/mol. The van der Waals surface area contributed by atoms with Crippen molar-refractivity contribution in [3.8, 4) is 12.3 Å². The van der Waals surface area contributed by atoms with Crippen LogP contribution in [0.3, 0.4) is 0 Å². The molecule has 0 bridgehead atoms. The van der Waals surface area contributed by atoms with E-state index in [4.69, 9.17) is 6.42 Å². The number of rotatable bonds is 6. The number of nitrogens with one attached hydrogen (secondary N) is 1. The summed E-state index contributed by atoms with van der Waals surface area (Å²) >= 11 is 0. The summed E-state index contributed by atoms with van der Waals surface area (Å²) in [5, 5.41) is 3.57. The molecule has 1 fully saturated rings. The van der Waals surface area contributed by atoms with Crippen molar-refractivity contribution in [2.24, 2.45) is 5.92 Å². The van der Waals surface area contributed by atoms with Crippen molar-refractivity contribution in [1.82, 2.24) is 10.2 Å². The molecule has 1 N–H and O–H groups in total. The smallest absolute Gasteiger partial charge is 0.0599 e. The molecular weight excluding hydrogens is 172 g/mol. The fourth-order valence-corrected chi connectivity index (χ4v) is 1.74. The zero-order chi connectivity index (χ0) is 10.6. The maximum Gasteiger partial charge on any atom is 0.0599 e. The van der Waals surface area contributed by atoms with E-state index in [2.05, 4.69) is 37.0 Å². The molecule has 80 valence electrons. The molecule has 1 aliphatic carbocycles. The molecule has 0 saturated heterocycles. The lowest BCUT2D eigenvalue weighted by Crippen LogP contribution is -2.44. The van der Waals surface area contributed by atoms with E-state index in [1.807, 2.05) is 0 Å². The van der Waals surface area contributed by atoms with Gasteiger partial charge < -0.3 is 5.32 Å². The lowest BCUT2D eigenvalue weighted by Gasteiger charge is -2.30. The Kier molecular flexibility index (Phi) is 4.44. The van der Waals surface area contributed by atoms with Crippen molar-refractivity contribution in [3.63, 3.8) is 0 Å². The van der Waals surface area contributed by atoms with E-state index in [1.165, 1.54) is 12.8 Å². The van der Waals surface area contributed by atoms with Crippen LogP contribution in [0.5, 0.6) is 0 Å². The Morgan fingerprint density at radius 2 is 2.14 bits per heavy atom. The van der Waals surface area contributed by atoms with Crippen molar-refractivity contribution in [1.29, 1.82) is 0 Å². The molecule has 1 saturated carbocycles. The van der Waals surface area contributed by atoms with Gasteiger partial charge in [-0.05, 0) is 25.8 Å². The fraction of sp³-hybridized carbons (Fsp3) is 0.833. The fourth-order valence-electron chi connectivity index (χ4n) is 1.74. The first-order valence-electron chi connectivity index (χ1n) is 5.52. The van der Waals surface area contributed by atoms with E-state index >= 15 is 0 Å². The van der Waals surface area contributed by atoms with Gasteiger partial charge in [0.1, 0.15) is 0 Å². The van der Waals surface area contributed by atoms with Gasteiger partial charge in [0.05, 0.1) is 6.54 Å². The lowest BCUT2D eigenvalue weighted by atomic mass is 10.0. The van der Waals surface area contributed by atoms with Crippen molar-refractivity contribution >= 4 is 0 Å². The monoisotopic (exact) mass is 194 g/mol. The SMILES string of the molecule is C#CCN(C)C(CNC1CC1)C(C)C. The van der Waals surface area contributed by atoms with Crippen molar-refractivity contribution in [2.75, 3.05) is 20.1 Å². The topological polar surface area (TPSA) is 15.3 Å². The number of nitrogens with zero attached hydrogens (tertiary/aromatic N) is 1. The highest BCUT2D eigenvalue weighted by atomic mass is 15.2. The van der Waals surface area contributed by atoms with Gasteiger partial charge >= 0.3 is 0 Å². The third kappa shape index (κ3) is 3.69. The Labute approximate surface area is 88.1 Å². The first-order valence-corrected chi connectivity index (χ1v) is 5.52. The summed E-state index contributed by atoms with van der Waals surface area (Å²) < 4.78 is 0. The van der Waals surface area contributed by atoms with Crippen molar-refractivity contribution in [3.05, 3.63) is 0 Å². The minimum Gasteiger partial charge on any atom is -0.312 e. The summed E-state index contributed by atoms with van der Waals surface area (Å²) in [4.78, 5) is 2.26. The van der Waals surface area contributed by atoms with E-state index in [9.17, 15) is 0 Å². The van der Waals surface area contributed by atoms with E-state index < -0.39 is 0 Å². The van der Waals surface area contributed by atoms with Crippen molar-refractivity contribution < 1.29 is 0 Å². The molecule has 0 spiro atoms. The number of likely N-dealkylation sites (N-methyl/N-ethyl adjacent to an activating group) is 1. The molecule has 0 aromatic rings. The summed E-state index contributed by atoms with van der Waals surface area (Å²) in [5.41, 5.74) is 0. The third-order valence-electron chi connectivity index (χ3n) is 2.87. The van der Waals surface area contributed by atoms with Crippen LogP contribution < -0.4 is 5.32 Å². The molecule has 1 aliphatic rings. The van der Waals surface area contributed by atoms with Gasteiger partial charge in [0.25, 0.3) is 0 Å². The zero-order valence-corrected chi connectivity index (χ0v) is 9.59. The maximum absolute atomic E-state index is 5.32. The van der Waals surface area contributed by atoms with Gasteiger partial charge in [-0.1, -0.05) is 19.8 Å². The molecule has 14 heavy (non-hydrogen) atoms. The Morgan fingerprint density at radius 1 is 1.50 bits per heavy atom. The van der Waals surface area contributed by atoms with Crippen LogP contribution >= 0.6 is 0 Å². The maximum atomic E-state index is 5.32. The number of hydrogen-bond acceptors (Lipinski definition) is 2. The van der Waals surface area contributed by atoms with Crippen LogP contribution in [0.15, 0.2) is 0 Å². The standard InChI is InChI=1S/C12H22N2/c1-5-8-14(4)12(10(2)3)9-13-11-6-7-11/h1,10-13H,6-9H2,2-4H3. The summed E-state index contributed by atoms with van der Waals surface area (Å²) in [5.74, 6) is 3.36. The molecule has 0 amide bonds. The second-order valence-electron chi connectivity index (χ2n) is 4.61. The highest BCUT2D eigenvalue weighted by Crippen LogP contribution is 2.19. The van der Waals surface area contributed by atoms with Gasteiger partial charge in [-0.15, -0.1) is 6.42 Å². The van der Waals surface area contributed by atoms with Crippen LogP contribution in [0.2, 0.25) is 0 Å². The lowest BCUT2D eigenvalue weighted by molar-refractivity contribution is 0.207. The van der Waals surface area contributed by atoms with E-state index in [0.717, 1.165) is 19.1 Å². The molecule has 2 heteroatoms. The van der Waals surface area contributed by atoms with Gasteiger partial charge in [-0.2, -0.15) is 0 Å². The van der Waals surface area contributed by atoms with E-state index in [1.54, 1.807) is 0 Å². The molecule has 1 atom stereocenters. The predicted octanol–water partition coefficient (Wildman–Crippen LogP) is 1.33. The minimum atomic E-state index is 0.562. The van der Waals surface area contributed by atoms with Gasteiger partial charge in [-0.3, -0.25) is 4.90 Å². The van der Waals surface area contributed by atoms with Gasteiger partial charge in [-0.25, -0.2) is 0 Å². The quantitative estimate of drug-likeness (QED) is 0.642. The minimum absolute atomic E-state index is 0.562. The van der Waals surface area contributed by atoms with Crippen LogP contribution in [-0.2, 0) is 0 Å². The summed E-state index contributed by atoms with van der Waals surface area (Å²) in [7, 11) is 2.11. The zero-order valence-electron chi connectivity index (χ0n) is 9.59. The number of hydrogen-bond donors (Lipinski definition) is 1. The molecular formula is C12H22N2. The molecule has 2 nitrogen and oxygen atoms in total. The molecule has 0 heterocycles. The van der Waals surface area contributed by atoms with Crippen LogP contribution in [-0.4, -0.2) is 37.1 Å². The van der Waals surface area contributed by atoms with Crippen LogP contribution in [0, 0.1) is 18.3 Å².